The lowest BCUT2D eigenvalue weighted by Crippen LogP contribution is -2.45. The molecule has 1 saturated carbocycles. The first-order valence-electron chi connectivity index (χ1n) is 6.92. The Morgan fingerprint density at radius 3 is 2.63 bits per heavy atom. The number of hydrogen-bond donors (Lipinski definition) is 2. The summed E-state index contributed by atoms with van der Waals surface area (Å²) >= 11 is 0. The van der Waals surface area contributed by atoms with Gasteiger partial charge < -0.3 is 15.2 Å². The van der Waals surface area contributed by atoms with Crippen LogP contribution in [0.25, 0.3) is 0 Å². The number of hydrogen-bond acceptors (Lipinski definition) is 3. The van der Waals surface area contributed by atoms with Crippen molar-refractivity contribution in [3.05, 3.63) is 12.7 Å². The monoisotopic (exact) mass is 269 g/mol. The smallest absolute Gasteiger partial charge is 0.407 e. The van der Waals surface area contributed by atoms with Crippen molar-refractivity contribution < 1.29 is 19.4 Å². The molecule has 1 atom stereocenters. The number of carboxylic acids is 1. The average Bonchev–Trinajstić information content (AvgIpc) is 2.89. The van der Waals surface area contributed by atoms with Crippen LogP contribution in [0.15, 0.2) is 12.7 Å². The predicted octanol–water partition coefficient (Wildman–Crippen LogP) is 2.71. The normalized spacial score (nSPS) is 16.8. The molecule has 1 aliphatic carbocycles. The molecule has 5 nitrogen and oxygen atoms in total. The summed E-state index contributed by atoms with van der Waals surface area (Å²) < 4.78 is 4.98. The maximum Gasteiger partial charge on any atom is 0.407 e. The fraction of sp³-hybridized carbons (Fsp3) is 0.714. The van der Waals surface area contributed by atoms with Crippen molar-refractivity contribution in [1.82, 2.24) is 5.32 Å². The van der Waals surface area contributed by atoms with Crippen LogP contribution >= 0.6 is 0 Å². The highest BCUT2D eigenvalue weighted by Crippen LogP contribution is 2.27. The van der Waals surface area contributed by atoms with E-state index < -0.39 is 18.1 Å². The Morgan fingerprint density at radius 2 is 2.05 bits per heavy atom. The minimum absolute atomic E-state index is 0.0332. The molecule has 0 aromatic carbocycles. The molecule has 108 valence electrons. The van der Waals surface area contributed by atoms with Crippen molar-refractivity contribution in [2.24, 2.45) is 5.92 Å². The van der Waals surface area contributed by atoms with Gasteiger partial charge in [0, 0.05) is 0 Å². The summed E-state index contributed by atoms with van der Waals surface area (Å²) in [6, 6.07) is -0.817. The molecule has 1 aliphatic rings. The fourth-order valence-electron chi connectivity index (χ4n) is 2.40. The SMILES string of the molecule is C=CCCCCOC(=O)N[C@H](C(=O)O)C1CCCC1. The second-order valence-electron chi connectivity index (χ2n) is 4.93. The van der Waals surface area contributed by atoms with E-state index in [1.807, 2.05) is 6.08 Å². The first-order valence-corrected chi connectivity index (χ1v) is 6.92. The van der Waals surface area contributed by atoms with Gasteiger partial charge in [0.2, 0.25) is 0 Å². The van der Waals surface area contributed by atoms with Gasteiger partial charge in [0.25, 0.3) is 0 Å². The number of ether oxygens (including phenoxy) is 1. The molecule has 0 heterocycles. The lowest BCUT2D eigenvalue weighted by molar-refractivity contribution is -0.140. The van der Waals surface area contributed by atoms with Gasteiger partial charge in [-0.05, 0) is 38.0 Å². The van der Waals surface area contributed by atoms with E-state index in [1.54, 1.807) is 0 Å². The zero-order chi connectivity index (χ0) is 14.1. The molecule has 0 unspecified atom stereocenters. The van der Waals surface area contributed by atoms with Gasteiger partial charge in [-0.3, -0.25) is 0 Å². The van der Waals surface area contributed by atoms with Crippen molar-refractivity contribution in [3.8, 4) is 0 Å². The van der Waals surface area contributed by atoms with Crippen LogP contribution in [0.1, 0.15) is 44.9 Å². The number of carboxylic acid groups (broad SMARTS) is 1. The van der Waals surface area contributed by atoms with E-state index in [9.17, 15) is 9.59 Å². The summed E-state index contributed by atoms with van der Waals surface area (Å²) in [4.78, 5) is 22.7. The molecule has 0 aromatic rings. The van der Waals surface area contributed by atoms with Crippen molar-refractivity contribution in [3.63, 3.8) is 0 Å². The van der Waals surface area contributed by atoms with E-state index >= 15 is 0 Å². The van der Waals surface area contributed by atoms with Crippen LogP contribution in [-0.2, 0) is 9.53 Å². The summed E-state index contributed by atoms with van der Waals surface area (Å²) in [5, 5.41) is 11.6. The fourth-order valence-corrected chi connectivity index (χ4v) is 2.40. The highest BCUT2D eigenvalue weighted by atomic mass is 16.5. The van der Waals surface area contributed by atoms with Crippen molar-refractivity contribution in [1.29, 1.82) is 0 Å². The molecule has 5 heteroatoms. The minimum atomic E-state index is -0.976. The van der Waals surface area contributed by atoms with Crippen molar-refractivity contribution in [2.45, 2.75) is 51.0 Å². The molecule has 1 rings (SSSR count). The number of alkyl carbamates (subject to hydrolysis) is 1. The molecule has 0 bridgehead atoms. The number of nitrogens with one attached hydrogen (secondary N) is 1. The van der Waals surface area contributed by atoms with E-state index in [-0.39, 0.29) is 5.92 Å². The number of carbonyl (C=O) groups excluding carboxylic acids is 1. The van der Waals surface area contributed by atoms with Crippen LogP contribution in [0, 0.1) is 5.92 Å². The van der Waals surface area contributed by atoms with Crippen molar-refractivity contribution in [2.75, 3.05) is 6.61 Å². The van der Waals surface area contributed by atoms with Crippen LogP contribution < -0.4 is 5.32 Å². The molecule has 2 N–H and O–H groups in total. The molecular weight excluding hydrogens is 246 g/mol. The molecule has 1 fully saturated rings. The summed E-state index contributed by atoms with van der Waals surface area (Å²) in [5.41, 5.74) is 0. The van der Waals surface area contributed by atoms with Crippen LogP contribution in [0.3, 0.4) is 0 Å². The number of amides is 1. The molecular formula is C14H23NO4. The van der Waals surface area contributed by atoms with Gasteiger partial charge in [-0.1, -0.05) is 18.9 Å². The Labute approximate surface area is 114 Å². The Balaban J connectivity index is 2.27. The predicted molar refractivity (Wildman–Crippen MR) is 71.9 cm³/mol. The average molecular weight is 269 g/mol. The maximum atomic E-state index is 11.5. The number of carbonyl (C=O) groups is 2. The second kappa shape index (κ2) is 8.56. The van der Waals surface area contributed by atoms with E-state index in [1.165, 1.54) is 0 Å². The Morgan fingerprint density at radius 1 is 1.37 bits per heavy atom. The van der Waals surface area contributed by atoms with E-state index in [4.69, 9.17) is 9.84 Å². The van der Waals surface area contributed by atoms with E-state index in [0.29, 0.717) is 6.61 Å². The zero-order valence-electron chi connectivity index (χ0n) is 11.3. The first kappa shape index (κ1) is 15.5. The third-order valence-electron chi connectivity index (χ3n) is 3.45. The summed E-state index contributed by atoms with van der Waals surface area (Å²) in [7, 11) is 0. The molecule has 19 heavy (non-hydrogen) atoms. The molecule has 0 saturated heterocycles. The van der Waals surface area contributed by atoms with Crippen LogP contribution in [0.4, 0.5) is 4.79 Å². The number of rotatable bonds is 8. The second-order valence-corrected chi connectivity index (χ2v) is 4.93. The third-order valence-corrected chi connectivity index (χ3v) is 3.45. The Bertz CT molecular complexity index is 311. The van der Waals surface area contributed by atoms with Gasteiger partial charge in [0.15, 0.2) is 0 Å². The molecule has 0 aliphatic heterocycles. The van der Waals surface area contributed by atoms with Crippen LogP contribution in [0.5, 0.6) is 0 Å². The molecule has 0 radical (unpaired) electrons. The number of allylic oxidation sites excluding steroid dienone is 1. The van der Waals surface area contributed by atoms with Gasteiger partial charge in [-0.25, -0.2) is 9.59 Å². The Hall–Kier alpha value is -1.52. The molecule has 0 spiro atoms. The largest absolute Gasteiger partial charge is 0.480 e. The van der Waals surface area contributed by atoms with Crippen LogP contribution in [-0.4, -0.2) is 29.8 Å². The lowest BCUT2D eigenvalue weighted by atomic mass is 9.98. The topological polar surface area (TPSA) is 75.6 Å². The van der Waals surface area contributed by atoms with E-state index in [2.05, 4.69) is 11.9 Å². The molecule has 0 aromatic heterocycles. The van der Waals surface area contributed by atoms with Gasteiger partial charge >= 0.3 is 12.1 Å². The minimum Gasteiger partial charge on any atom is -0.480 e. The van der Waals surface area contributed by atoms with Crippen molar-refractivity contribution >= 4 is 12.1 Å². The number of unbranched alkanes of at least 4 members (excludes halogenated alkanes) is 2. The van der Waals surface area contributed by atoms with Gasteiger partial charge in [0.05, 0.1) is 6.61 Å². The quantitative estimate of drug-likeness (QED) is 0.524. The van der Waals surface area contributed by atoms with Gasteiger partial charge in [-0.2, -0.15) is 0 Å². The van der Waals surface area contributed by atoms with Gasteiger partial charge in [-0.15, -0.1) is 6.58 Å². The first-order chi connectivity index (χ1) is 9.15. The summed E-state index contributed by atoms with van der Waals surface area (Å²) in [6.07, 6.45) is 7.55. The summed E-state index contributed by atoms with van der Waals surface area (Å²) in [6.45, 7) is 3.93. The van der Waals surface area contributed by atoms with Gasteiger partial charge in [0.1, 0.15) is 6.04 Å². The summed E-state index contributed by atoms with van der Waals surface area (Å²) in [5.74, 6) is -0.943. The standard InChI is InChI=1S/C14H23NO4/c1-2-3-4-7-10-19-14(18)15-12(13(16)17)11-8-5-6-9-11/h2,11-12H,1,3-10H2,(H,15,18)(H,16,17)/t12-/m0/s1. The maximum absolute atomic E-state index is 11.5. The van der Waals surface area contributed by atoms with E-state index in [0.717, 1.165) is 44.9 Å². The Kier molecular flexibility index (Phi) is 7.00. The zero-order valence-corrected chi connectivity index (χ0v) is 11.3. The third kappa shape index (κ3) is 5.77. The number of aliphatic carboxylic acids is 1. The highest BCUT2D eigenvalue weighted by Gasteiger charge is 2.32. The van der Waals surface area contributed by atoms with Crippen LogP contribution in [0.2, 0.25) is 0 Å². The lowest BCUT2D eigenvalue weighted by Gasteiger charge is -2.20. The highest BCUT2D eigenvalue weighted by molar-refractivity contribution is 5.80. The molecule has 1 amide bonds.